The highest BCUT2D eigenvalue weighted by molar-refractivity contribution is 5.98. The van der Waals surface area contributed by atoms with Crippen molar-refractivity contribution in [1.29, 1.82) is 0 Å². The first-order valence-corrected chi connectivity index (χ1v) is 8.17. The molecule has 25 heavy (non-hydrogen) atoms. The summed E-state index contributed by atoms with van der Waals surface area (Å²) in [5, 5.41) is 12.0. The van der Waals surface area contributed by atoms with Crippen molar-refractivity contribution in [3.8, 4) is 5.75 Å². The Bertz CT molecular complexity index is 751. The minimum atomic E-state index is -0.355. The lowest BCUT2D eigenvalue weighted by molar-refractivity contribution is 0.0859. The average molecular weight is 342 g/mol. The number of urea groups is 1. The third kappa shape index (κ3) is 4.15. The minimum Gasteiger partial charge on any atom is -0.508 e. The molecule has 0 aliphatic carbocycles. The van der Waals surface area contributed by atoms with Gasteiger partial charge in [0.1, 0.15) is 11.6 Å². The minimum absolute atomic E-state index is 0.0404. The smallest absolute Gasteiger partial charge is 0.321 e. The van der Waals surface area contributed by atoms with Gasteiger partial charge in [-0.05, 0) is 61.4 Å². The molecule has 0 aromatic heterocycles. The van der Waals surface area contributed by atoms with Crippen molar-refractivity contribution in [3.63, 3.8) is 0 Å². The molecule has 0 saturated carbocycles. The normalized spacial score (nSPS) is 15.0. The number of halogens is 1. The zero-order chi connectivity index (χ0) is 17.8. The number of rotatable bonds is 3. The van der Waals surface area contributed by atoms with E-state index in [1.54, 1.807) is 17.0 Å². The summed E-state index contributed by atoms with van der Waals surface area (Å²) in [6, 6.07) is 11.6. The fourth-order valence-corrected chi connectivity index (χ4v) is 2.94. The molecule has 1 aliphatic rings. The molecule has 2 aromatic carbocycles. The topological polar surface area (TPSA) is 69.6 Å². The van der Waals surface area contributed by atoms with Gasteiger partial charge in [0.2, 0.25) is 0 Å². The van der Waals surface area contributed by atoms with E-state index in [9.17, 15) is 19.1 Å². The van der Waals surface area contributed by atoms with E-state index < -0.39 is 0 Å². The van der Waals surface area contributed by atoms with Crippen molar-refractivity contribution in [2.75, 3.05) is 18.4 Å². The molecule has 2 aromatic rings. The van der Waals surface area contributed by atoms with Crippen LogP contribution in [0, 0.1) is 11.7 Å². The molecule has 0 unspecified atom stereocenters. The van der Waals surface area contributed by atoms with Gasteiger partial charge in [-0.15, -0.1) is 0 Å². The van der Waals surface area contributed by atoms with Crippen molar-refractivity contribution in [2.24, 2.45) is 5.92 Å². The van der Waals surface area contributed by atoms with Gasteiger partial charge < -0.3 is 15.3 Å². The molecule has 1 fully saturated rings. The summed E-state index contributed by atoms with van der Waals surface area (Å²) in [7, 11) is 0. The number of carbonyl (C=O) groups excluding carboxylic acids is 2. The molecule has 1 aliphatic heterocycles. The maximum Gasteiger partial charge on any atom is 0.321 e. The van der Waals surface area contributed by atoms with Crippen LogP contribution in [0.25, 0.3) is 0 Å². The summed E-state index contributed by atoms with van der Waals surface area (Å²) in [6.07, 6.45) is 1.19. The highest BCUT2D eigenvalue weighted by Crippen LogP contribution is 2.23. The van der Waals surface area contributed by atoms with E-state index in [0.29, 0.717) is 37.2 Å². The largest absolute Gasteiger partial charge is 0.508 e. The van der Waals surface area contributed by atoms with Gasteiger partial charge in [-0.1, -0.05) is 0 Å². The first-order valence-electron chi connectivity index (χ1n) is 8.17. The number of aromatic hydroxyl groups is 1. The van der Waals surface area contributed by atoms with E-state index in [4.69, 9.17) is 0 Å². The number of benzene rings is 2. The van der Waals surface area contributed by atoms with Gasteiger partial charge in [0.25, 0.3) is 0 Å². The van der Waals surface area contributed by atoms with E-state index in [1.165, 1.54) is 36.4 Å². The number of piperidine rings is 1. The Hall–Kier alpha value is -2.89. The lowest BCUT2D eigenvalue weighted by Gasteiger charge is -2.31. The molecule has 6 heteroatoms. The molecule has 0 bridgehead atoms. The highest BCUT2D eigenvalue weighted by atomic mass is 19.1. The zero-order valence-electron chi connectivity index (χ0n) is 13.6. The molecule has 3 rings (SSSR count). The van der Waals surface area contributed by atoms with E-state index in [2.05, 4.69) is 5.32 Å². The van der Waals surface area contributed by atoms with Crippen molar-refractivity contribution in [1.82, 2.24) is 4.90 Å². The fourth-order valence-electron chi connectivity index (χ4n) is 2.94. The van der Waals surface area contributed by atoms with Gasteiger partial charge in [0.15, 0.2) is 5.78 Å². The van der Waals surface area contributed by atoms with Crippen LogP contribution >= 0.6 is 0 Å². The highest BCUT2D eigenvalue weighted by Gasteiger charge is 2.28. The van der Waals surface area contributed by atoms with Crippen LogP contribution in [0.3, 0.4) is 0 Å². The number of nitrogens with zero attached hydrogens (tertiary/aromatic N) is 1. The number of carbonyl (C=O) groups is 2. The number of hydrogen-bond acceptors (Lipinski definition) is 3. The van der Waals surface area contributed by atoms with Crippen molar-refractivity contribution in [2.45, 2.75) is 12.8 Å². The fraction of sp³-hybridized carbons (Fsp3) is 0.263. The summed E-state index contributed by atoms with van der Waals surface area (Å²) in [5.74, 6) is -0.312. The van der Waals surface area contributed by atoms with E-state index in [0.717, 1.165) is 0 Å². The Balaban J connectivity index is 1.54. The van der Waals surface area contributed by atoms with Gasteiger partial charge in [-0.25, -0.2) is 9.18 Å². The summed E-state index contributed by atoms with van der Waals surface area (Å²) in [4.78, 5) is 26.4. The molecule has 130 valence electrons. The third-order valence-electron chi connectivity index (χ3n) is 4.40. The van der Waals surface area contributed by atoms with Crippen LogP contribution in [0.1, 0.15) is 23.2 Å². The molecule has 5 nitrogen and oxygen atoms in total. The Labute approximate surface area is 145 Å². The van der Waals surface area contributed by atoms with Crippen LogP contribution in [0.15, 0.2) is 48.5 Å². The number of Topliss-reactive ketones (excluding diaryl/α,β-unsaturated/α-hetero) is 1. The van der Waals surface area contributed by atoms with Crippen LogP contribution in [0.4, 0.5) is 14.9 Å². The maximum atomic E-state index is 12.9. The Morgan fingerprint density at radius 3 is 2.20 bits per heavy atom. The van der Waals surface area contributed by atoms with E-state index in [1.807, 2.05) is 0 Å². The van der Waals surface area contributed by atoms with Gasteiger partial charge in [-0.3, -0.25) is 4.79 Å². The molecular formula is C19H19FN2O3. The first kappa shape index (κ1) is 17.0. The number of phenolic OH excluding ortho intramolecular Hbond substituents is 1. The Morgan fingerprint density at radius 1 is 1.00 bits per heavy atom. The molecule has 0 atom stereocenters. The molecule has 2 N–H and O–H groups in total. The Morgan fingerprint density at radius 2 is 1.60 bits per heavy atom. The Kier molecular flexibility index (Phi) is 4.97. The maximum absolute atomic E-state index is 12.9. The van der Waals surface area contributed by atoms with Gasteiger partial charge >= 0.3 is 6.03 Å². The van der Waals surface area contributed by atoms with Crippen LogP contribution in [0.2, 0.25) is 0 Å². The number of likely N-dealkylation sites (tertiary alicyclic amines) is 1. The van der Waals surface area contributed by atoms with Crippen LogP contribution in [-0.4, -0.2) is 34.9 Å². The molecule has 0 spiro atoms. The third-order valence-corrected chi connectivity index (χ3v) is 4.40. The molecule has 0 radical (unpaired) electrons. The summed E-state index contributed by atoms with van der Waals surface area (Å²) in [6.45, 7) is 0.975. The molecular weight excluding hydrogens is 323 g/mol. The lowest BCUT2D eigenvalue weighted by Crippen LogP contribution is -2.42. The SMILES string of the molecule is O=C(c1ccc(O)cc1)C1CCN(C(=O)Nc2ccc(F)cc2)CC1. The standard InChI is InChI=1S/C19H19FN2O3/c20-15-3-5-16(6-4-15)21-19(25)22-11-9-14(10-12-22)18(24)13-1-7-17(23)8-2-13/h1-8,14,23H,9-12H2,(H,21,25). The average Bonchev–Trinajstić information content (AvgIpc) is 2.64. The van der Waals surface area contributed by atoms with Gasteiger partial charge in [0, 0.05) is 30.3 Å². The first-order chi connectivity index (χ1) is 12.0. The number of hydrogen-bond donors (Lipinski definition) is 2. The van der Waals surface area contributed by atoms with Gasteiger partial charge in [0.05, 0.1) is 0 Å². The number of ketones is 1. The zero-order valence-corrected chi connectivity index (χ0v) is 13.6. The second kappa shape index (κ2) is 7.34. The molecule has 2 amide bonds. The second-order valence-corrected chi connectivity index (χ2v) is 6.11. The lowest BCUT2D eigenvalue weighted by atomic mass is 9.89. The van der Waals surface area contributed by atoms with Crippen molar-refractivity contribution in [3.05, 3.63) is 59.9 Å². The van der Waals surface area contributed by atoms with Crippen molar-refractivity contribution < 1.29 is 19.1 Å². The number of anilines is 1. The van der Waals surface area contributed by atoms with E-state index in [-0.39, 0.29) is 29.3 Å². The summed E-state index contributed by atoms with van der Waals surface area (Å²) in [5.41, 5.74) is 1.11. The molecule has 1 heterocycles. The number of amides is 2. The van der Waals surface area contributed by atoms with E-state index >= 15 is 0 Å². The predicted octanol–water partition coefficient (Wildman–Crippen LogP) is 3.66. The second-order valence-electron chi connectivity index (χ2n) is 6.11. The van der Waals surface area contributed by atoms with Crippen LogP contribution in [0.5, 0.6) is 5.75 Å². The van der Waals surface area contributed by atoms with Crippen molar-refractivity contribution >= 4 is 17.5 Å². The van der Waals surface area contributed by atoms with Gasteiger partial charge in [-0.2, -0.15) is 0 Å². The number of phenols is 1. The summed E-state index contributed by atoms with van der Waals surface area (Å²) >= 11 is 0. The van der Waals surface area contributed by atoms with Crippen LogP contribution in [-0.2, 0) is 0 Å². The van der Waals surface area contributed by atoms with Crippen LogP contribution < -0.4 is 5.32 Å². The molecule has 1 saturated heterocycles. The number of nitrogens with one attached hydrogen (secondary N) is 1. The predicted molar refractivity (Wildman–Crippen MR) is 92.2 cm³/mol. The monoisotopic (exact) mass is 342 g/mol. The summed E-state index contributed by atoms with van der Waals surface area (Å²) < 4.78 is 12.9. The quantitative estimate of drug-likeness (QED) is 0.837.